The fourth-order valence-corrected chi connectivity index (χ4v) is 0.895. The van der Waals surface area contributed by atoms with Crippen molar-refractivity contribution in [2.75, 3.05) is 40.1 Å². The number of hydrogen-bond acceptors (Lipinski definition) is 5. The lowest BCUT2D eigenvalue weighted by Gasteiger charge is -2.16. The molecule has 0 saturated carbocycles. The highest BCUT2D eigenvalue weighted by atomic mass is 16.6. The van der Waals surface area contributed by atoms with Gasteiger partial charge in [-0.25, -0.2) is 4.79 Å². The molecule has 0 radical (unpaired) electrons. The molecule has 0 aliphatic carbocycles. The maximum Gasteiger partial charge on any atom is 0.332 e. The second-order valence-electron chi connectivity index (χ2n) is 4.10. The number of esters is 1. The molecule has 1 atom stereocenters. The van der Waals surface area contributed by atoms with Crippen LogP contribution >= 0.6 is 0 Å². The first kappa shape index (κ1) is 16.4. The van der Waals surface area contributed by atoms with Crippen LogP contribution in [0.25, 0.3) is 0 Å². The van der Waals surface area contributed by atoms with Gasteiger partial charge in [0.15, 0.2) is 0 Å². The monoisotopic (exact) mass is 248 g/mol. The number of carbonyl (C=O) groups excluding carboxylic acids is 1. The molecule has 1 unspecified atom stereocenters. The molecule has 0 fully saturated rings. The number of hydrogen-bond donors (Lipinski definition) is 0. The Morgan fingerprint density at radius 1 is 1.00 bits per heavy atom. The highest BCUT2D eigenvalue weighted by Crippen LogP contribution is 2.05. The molecular weight excluding hydrogens is 224 g/mol. The van der Waals surface area contributed by atoms with Gasteiger partial charge in [-0.1, -0.05) is 13.8 Å². The minimum absolute atomic E-state index is 0.0231. The summed E-state index contributed by atoms with van der Waals surface area (Å²) in [5.74, 6) is -0.0144. The van der Waals surface area contributed by atoms with Crippen molar-refractivity contribution in [2.24, 2.45) is 5.92 Å². The maximum absolute atomic E-state index is 11.3. The van der Waals surface area contributed by atoms with Crippen LogP contribution in [0.15, 0.2) is 0 Å². The molecule has 0 heterocycles. The summed E-state index contributed by atoms with van der Waals surface area (Å²) in [6.45, 7) is 7.79. The van der Waals surface area contributed by atoms with Gasteiger partial charge in [0.25, 0.3) is 0 Å². The third-order valence-electron chi connectivity index (χ3n) is 2.28. The Kier molecular flexibility index (Phi) is 10.1. The standard InChI is InChI=1S/C12H24O5/c1-10(2)11(3)17-12(13)9-16-8-7-15-6-5-14-4/h10-11H,5-9H2,1-4H3. The summed E-state index contributed by atoms with van der Waals surface area (Å²) >= 11 is 0. The summed E-state index contributed by atoms with van der Waals surface area (Å²) in [4.78, 5) is 11.3. The van der Waals surface area contributed by atoms with E-state index in [-0.39, 0.29) is 18.7 Å². The Labute approximate surface area is 103 Å². The Morgan fingerprint density at radius 3 is 2.18 bits per heavy atom. The molecule has 0 aliphatic rings. The topological polar surface area (TPSA) is 54.0 Å². The van der Waals surface area contributed by atoms with E-state index in [1.165, 1.54) is 0 Å². The minimum atomic E-state index is -0.330. The predicted octanol–water partition coefficient (Wildman–Crippen LogP) is 1.25. The van der Waals surface area contributed by atoms with Crippen LogP contribution in [0.1, 0.15) is 20.8 Å². The quantitative estimate of drug-likeness (QED) is 0.430. The van der Waals surface area contributed by atoms with Crippen molar-refractivity contribution in [3.8, 4) is 0 Å². The van der Waals surface area contributed by atoms with Crippen LogP contribution in [0.4, 0.5) is 0 Å². The highest BCUT2D eigenvalue weighted by molar-refractivity contribution is 5.70. The molecule has 17 heavy (non-hydrogen) atoms. The van der Waals surface area contributed by atoms with E-state index in [1.807, 2.05) is 20.8 Å². The predicted molar refractivity (Wildman–Crippen MR) is 63.9 cm³/mol. The minimum Gasteiger partial charge on any atom is -0.461 e. The molecule has 0 amide bonds. The molecule has 0 aromatic rings. The van der Waals surface area contributed by atoms with Crippen LogP contribution in [0.3, 0.4) is 0 Å². The van der Waals surface area contributed by atoms with Crippen LogP contribution in [0, 0.1) is 5.92 Å². The van der Waals surface area contributed by atoms with Crippen LogP contribution in [-0.4, -0.2) is 52.2 Å². The lowest BCUT2D eigenvalue weighted by atomic mass is 10.1. The Bertz CT molecular complexity index is 193. The number of rotatable bonds is 10. The van der Waals surface area contributed by atoms with Gasteiger partial charge in [0.1, 0.15) is 12.7 Å². The molecule has 0 aromatic carbocycles. The van der Waals surface area contributed by atoms with Crippen molar-refractivity contribution in [1.29, 1.82) is 0 Å². The Balaban J connectivity index is 3.33. The van der Waals surface area contributed by atoms with Gasteiger partial charge in [-0.15, -0.1) is 0 Å². The van der Waals surface area contributed by atoms with Gasteiger partial charge in [0.2, 0.25) is 0 Å². The van der Waals surface area contributed by atoms with Crippen molar-refractivity contribution in [2.45, 2.75) is 26.9 Å². The first-order valence-corrected chi connectivity index (χ1v) is 5.91. The fraction of sp³-hybridized carbons (Fsp3) is 0.917. The molecular formula is C12H24O5. The first-order chi connectivity index (χ1) is 8.07. The van der Waals surface area contributed by atoms with Crippen LogP contribution in [-0.2, 0) is 23.7 Å². The molecule has 0 spiro atoms. The van der Waals surface area contributed by atoms with Gasteiger partial charge in [-0.3, -0.25) is 0 Å². The second-order valence-corrected chi connectivity index (χ2v) is 4.10. The maximum atomic E-state index is 11.3. The van der Waals surface area contributed by atoms with E-state index >= 15 is 0 Å². The molecule has 0 saturated heterocycles. The first-order valence-electron chi connectivity index (χ1n) is 5.91. The van der Waals surface area contributed by atoms with Gasteiger partial charge in [0.05, 0.1) is 26.4 Å². The average Bonchev–Trinajstić information content (AvgIpc) is 2.27. The summed E-state index contributed by atoms with van der Waals surface area (Å²) in [5.41, 5.74) is 0. The van der Waals surface area contributed by atoms with Crippen LogP contribution < -0.4 is 0 Å². The van der Waals surface area contributed by atoms with E-state index in [1.54, 1.807) is 7.11 Å². The largest absolute Gasteiger partial charge is 0.461 e. The van der Waals surface area contributed by atoms with Crippen molar-refractivity contribution in [3.63, 3.8) is 0 Å². The van der Waals surface area contributed by atoms with Gasteiger partial charge in [-0.2, -0.15) is 0 Å². The van der Waals surface area contributed by atoms with Gasteiger partial charge in [-0.05, 0) is 12.8 Å². The third kappa shape index (κ3) is 10.2. The summed E-state index contributed by atoms with van der Waals surface area (Å²) in [6.07, 6.45) is -0.0796. The SMILES string of the molecule is COCCOCCOCC(=O)OC(C)C(C)C. The molecule has 0 rings (SSSR count). The van der Waals surface area contributed by atoms with E-state index < -0.39 is 0 Å². The lowest BCUT2D eigenvalue weighted by Crippen LogP contribution is -2.23. The normalized spacial score (nSPS) is 12.8. The molecule has 0 aliphatic heterocycles. The zero-order valence-electron chi connectivity index (χ0n) is 11.2. The van der Waals surface area contributed by atoms with Crippen molar-refractivity contribution in [3.05, 3.63) is 0 Å². The highest BCUT2D eigenvalue weighted by Gasteiger charge is 2.12. The lowest BCUT2D eigenvalue weighted by molar-refractivity contribution is -0.156. The zero-order valence-corrected chi connectivity index (χ0v) is 11.2. The van der Waals surface area contributed by atoms with Crippen LogP contribution in [0.2, 0.25) is 0 Å². The molecule has 0 aromatic heterocycles. The number of methoxy groups -OCH3 is 1. The molecule has 0 bridgehead atoms. The Morgan fingerprint density at radius 2 is 1.59 bits per heavy atom. The summed E-state index contributed by atoms with van der Waals surface area (Å²) < 4.78 is 20.2. The van der Waals surface area contributed by atoms with Gasteiger partial charge in [0, 0.05) is 7.11 Å². The molecule has 0 N–H and O–H groups in total. The number of ether oxygens (including phenoxy) is 4. The smallest absolute Gasteiger partial charge is 0.332 e. The van der Waals surface area contributed by atoms with E-state index in [0.29, 0.717) is 32.3 Å². The van der Waals surface area contributed by atoms with E-state index in [4.69, 9.17) is 18.9 Å². The number of carbonyl (C=O) groups is 1. The second kappa shape index (κ2) is 10.5. The zero-order chi connectivity index (χ0) is 13.1. The summed E-state index contributed by atoms with van der Waals surface area (Å²) in [5, 5.41) is 0. The molecule has 5 heteroatoms. The van der Waals surface area contributed by atoms with Gasteiger partial charge >= 0.3 is 5.97 Å². The summed E-state index contributed by atoms with van der Waals surface area (Å²) in [6, 6.07) is 0. The fourth-order valence-electron chi connectivity index (χ4n) is 0.895. The van der Waals surface area contributed by atoms with E-state index in [9.17, 15) is 4.79 Å². The average molecular weight is 248 g/mol. The van der Waals surface area contributed by atoms with Gasteiger partial charge < -0.3 is 18.9 Å². The Hall–Kier alpha value is -0.650. The molecule has 102 valence electrons. The van der Waals surface area contributed by atoms with E-state index in [2.05, 4.69) is 0 Å². The van der Waals surface area contributed by atoms with Crippen molar-refractivity contribution < 1.29 is 23.7 Å². The van der Waals surface area contributed by atoms with Crippen LogP contribution in [0.5, 0.6) is 0 Å². The summed E-state index contributed by atoms with van der Waals surface area (Å²) in [7, 11) is 1.62. The molecule has 5 nitrogen and oxygen atoms in total. The third-order valence-corrected chi connectivity index (χ3v) is 2.28. The van der Waals surface area contributed by atoms with Crippen molar-refractivity contribution >= 4 is 5.97 Å². The van der Waals surface area contributed by atoms with Crippen molar-refractivity contribution in [1.82, 2.24) is 0 Å². The van der Waals surface area contributed by atoms with E-state index in [0.717, 1.165) is 0 Å².